The molecule has 15 heavy (non-hydrogen) atoms. The lowest BCUT2D eigenvalue weighted by Gasteiger charge is -2.21. The van der Waals surface area contributed by atoms with Crippen molar-refractivity contribution < 1.29 is 4.74 Å². The number of aromatic nitrogens is 4. The largest absolute Gasteiger partial charge is 0.472 e. The Labute approximate surface area is 92.1 Å². The van der Waals surface area contributed by atoms with Crippen LogP contribution in [0.25, 0.3) is 5.78 Å². The van der Waals surface area contributed by atoms with E-state index < -0.39 is 0 Å². The van der Waals surface area contributed by atoms with Gasteiger partial charge >= 0.3 is 0 Å². The molecule has 0 aliphatic heterocycles. The van der Waals surface area contributed by atoms with Crippen LogP contribution in [0.5, 0.6) is 5.88 Å². The number of ether oxygens (including phenoxy) is 1. The number of hydrogen-bond donors (Lipinski definition) is 0. The van der Waals surface area contributed by atoms with E-state index in [0.717, 1.165) is 0 Å². The second-order valence-corrected chi connectivity index (χ2v) is 4.49. The third-order valence-corrected chi connectivity index (χ3v) is 1.79. The van der Waals surface area contributed by atoms with E-state index in [1.807, 2.05) is 20.8 Å². The van der Waals surface area contributed by atoms with Gasteiger partial charge in [-0.3, -0.25) is 0 Å². The van der Waals surface area contributed by atoms with Gasteiger partial charge in [-0.1, -0.05) is 11.6 Å². The standard InChI is InChI=1S/C9H11ClN4O/c1-9(2,3)15-7-4-6(10)13-8-11-5-12-14(7)8/h4-5H,1-3H3. The first-order chi connectivity index (χ1) is 6.96. The molecule has 5 nitrogen and oxygen atoms in total. The van der Waals surface area contributed by atoms with E-state index in [2.05, 4.69) is 15.1 Å². The highest BCUT2D eigenvalue weighted by Gasteiger charge is 2.16. The minimum atomic E-state index is -0.316. The summed E-state index contributed by atoms with van der Waals surface area (Å²) in [7, 11) is 0. The van der Waals surface area contributed by atoms with Crippen LogP contribution in [0.3, 0.4) is 0 Å². The van der Waals surface area contributed by atoms with Crippen LogP contribution in [0, 0.1) is 0 Å². The van der Waals surface area contributed by atoms with Crippen molar-refractivity contribution in [3.05, 3.63) is 17.5 Å². The molecule has 80 valence electrons. The molecule has 2 aromatic heterocycles. The molecule has 0 atom stereocenters. The molecule has 0 aliphatic rings. The summed E-state index contributed by atoms with van der Waals surface area (Å²) in [5.74, 6) is 0.969. The molecular weight excluding hydrogens is 216 g/mol. The van der Waals surface area contributed by atoms with Crippen LogP contribution in [-0.4, -0.2) is 25.2 Å². The molecule has 0 aromatic carbocycles. The predicted molar refractivity (Wildman–Crippen MR) is 56.2 cm³/mol. The molecule has 0 unspecified atom stereocenters. The van der Waals surface area contributed by atoms with Crippen molar-refractivity contribution in [2.24, 2.45) is 0 Å². The summed E-state index contributed by atoms with van der Waals surface area (Å²) in [6.45, 7) is 5.85. The second kappa shape index (κ2) is 3.34. The lowest BCUT2D eigenvalue weighted by molar-refractivity contribution is 0.120. The van der Waals surface area contributed by atoms with E-state index in [9.17, 15) is 0 Å². The van der Waals surface area contributed by atoms with Gasteiger partial charge in [-0.15, -0.1) is 0 Å². The summed E-state index contributed by atoms with van der Waals surface area (Å²) in [5.41, 5.74) is -0.316. The van der Waals surface area contributed by atoms with Gasteiger partial charge in [0, 0.05) is 6.07 Å². The fourth-order valence-corrected chi connectivity index (χ4v) is 1.31. The Balaban J connectivity index is 2.53. The van der Waals surface area contributed by atoms with Crippen LogP contribution in [0.2, 0.25) is 5.15 Å². The van der Waals surface area contributed by atoms with Gasteiger partial charge in [-0.05, 0) is 20.8 Å². The van der Waals surface area contributed by atoms with E-state index in [1.165, 1.54) is 10.8 Å². The normalized spacial score (nSPS) is 12.0. The van der Waals surface area contributed by atoms with Gasteiger partial charge in [0.05, 0.1) is 0 Å². The summed E-state index contributed by atoms with van der Waals surface area (Å²) >= 11 is 5.84. The average Bonchev–Trinajstić information content (AvgIpc) is 2.48. The van der Waals surface area contributed by atoms with Crippen molar-refractivity contribution in [2.75, 3.05) is 0 Å². The third kappa shape index (κ3) is 2.18. The first-order valence-corrected chi connectivity index (χ1v) is 4.89. The Hall–Kier alpha value is -1.36. The maximum absolute atomic E-state index is 5.84. The molecule has 0 saturated heterocycles. The van der Waals surface area contributed by atoms with Crippen molar-refractivity contribution in [3.63, 3.8) is 0 Å². The minimum Gasteiger partial charge on any atom is -0.472 e. The van der Waals surface area contributed by atoms with Gasteiger partial charge in [0.1, 0.15) is 17.1 Å². The third-order valence-electron chi connectivity index (χ3n) is 1.60. The minimum absolute atomic E-state index is 0.316. The topological polar surface area (TPSA) is 52.3 Å². The molecule has 0 spiro atoms. The molecule has 2 rings (SSSR count). The Morgan fingerprint density at radius 2 is 2.13 bits per heavy atom. The summed E-state index contributed by atoms with van der Waals surface area (Å²) in [6.07, 6.45) is 1.41. The Morgan fingerprint density at radius 1 is 1.40 bits per heavy atom. The zero-order chi connectivity index (χ0) is 11.1. The molecule has 0 fully saturated rings. The van der Waals surface area contributed by atoms with Gasteiger partial charge in [0.15, 0.2) is 0 Å². The first kappa shape index (κ1) is 10.2. The van der Waals surface area contributed by atoms with Gasteiger partial charge in [-0.25, -0.2) is 0 Å². The van der Waals surface area contributed by atoms with Gasteiger partial charge in [0.2, 0.25) is 5.88 Å². The van der Waals surface area contributed by atoms with Gasteiger partial charge < -0.3 is 4.74 Å². The van der Waals surface area contributed by atoms with Crippen molar-refractivity contribution >= 4 is 17.4 Å². The number of fused-ring (bicyclic) bond motifs is 1. The maximum Gasteiger partial charge on any atom is 0.256 e. The number of hydrogen-bond acceptors (Lipinski definition) is 4. The highest BCUT2D eigenvalue weighted by molar-refractivity contribution is 6.29. The molecule has 2 heterocycles. The van der Waals surface area contributed by atoms with Crippen LogP contribution in [0.4, 0.5) is 0 Å². The zero-order valence-electron chi connectivity index (χ0n) is 8.73. The van der Waals surface area contributed by atoms with Crippen molar-refractivity contribution in [1.29, 1.82) is 0 Å². The molecule has 0 bridgehead atoms. The lowest BCUT2D eigenvalue weighted by Crippen LogP contribution is -2.24. The highest BCUT2D eigenvalue weighted by Crippen LogP contribution is 2.20. The number of rotatable bonds is 1. The SMILES string of the molecule is CC(C)(C)Oc1cc(Cl)nc2ncnn12. The molecule has 0 radical (unpaired) electrons. The number of nitrogens with zero attached hydrogens (tertiary/aromatic N) is 4. The van der Waals surface area contributed by atoms with Gasteiger partial charge in [0.25, 0.3) is 5.78 Å². The van der Waals surface area contributed by atoms with Crippen molar-refractivity contribution in [1.82, 2.24) is 19.6 Å². The zero-order valence-corrected chi connectivity index (χ0v) is 9.49. The van der Waals surface area contributed by atoms with Crippen LogP contribution in [0.15, 0.2) is 12.4 Å². The second-order valence-electron chi connectivity index (χ2n) is 4.10. The van der Waals surface area contributed by atoms with E-state index in [0.29, 0.717) is 16.8 Å². The Morgan fingerprint density at radius 3 is 2.80 bits per heavy atom. The summed E-state index contributed by atoms with van der Waals surface area (Å²) < 4.78 is 7.20. The molecule has 0 amide bonds. The van der Waals surface area contributed by atoms with Crippen LogP contribution in [-0.2, 0) is 0 Å². The van der Waals surface area contributed by atoms with Gasteiger partial charge in [-0.2, -0.15) is 19.6 Å². The quantitative estimate of drug-likeness (QED) is 0.698. The Kier molecular flexibility index (Phi) is 2.26. The van der Waals surface area contributed by atoms with E-state index >= 15 is 0 Å². The van der Waals surface area contributed by atoms with Crippen LogP contribution < -0.4 is 4.74 Å². The molecule has 6 heteroatoms. The molecule has 2 aromatic rings. The van der Waals surface area contributed by atoms with E-state index in [1.54, 1.807) is 6.07 Å². The molecular formula is C9H11ClN4O. The fourth-order valence-electron chi connectivity index (χ4n) is 1.14. The highest BCUT2D eigenvalue weighted by atomic mass is 35.5. The lowest BCUT2D eigenvalue weighted by atomic mass is 10.2. The summed E-state index contributed by atoms with van der Waals surface area (Å²) in [6, 6.07) is 1.62. The smallest absolute Gasteiger partial charge is 0.256 e. The first-order valence-electron chi connectivity index (χ1n) is 4.51. The molecule has 0 aliphatic carbocycles. The monoisotopic (exact) mass is 226 g/mol. The molecule has 0 saturated carbocycles. The van der Waals surface area contributed by atoms with Crippen LogP contribution >= 0.6 is 11.6 Å². The average molecular weight is 227 g/mol. The summed E-state index contributed by atoms with van der Waals surface area (Å²) in [5, 5.41) is 4.35. The molecule has 0 N–H and O–H groups in total. The van der Waals surface area contributed by atoms with Crippen LogP contribution in [0.1, 0.15) is 20.8 Å². The van der Waals surface area contributed by atoms with Crippen molar-refractivity contribution in [3.8, 4) is 5.88 Å². The Bertz CT molecular complexity index is 488. The number of halogens is 1. The maximum atomic E-state index is 5.84. The predicted octanol–water partition coefficient (Wildman–Crippen LogP) is 1.95. The fraction of sp³-hybridized carbons (Fsp3) is 0.444. The summed E-state index contributed by atoms with van der Waals surface area (Å²) in [4.78, 5) is 7.95. The van der Waals surface area contributed by atoms with E-state index in [4.69, 9.17) is 16.3 Å². The van der Waals surface area contributed by atoms with E-state index in [-0.39, 0.29) is 5.60 Å². The van der Waals surface area contributed by atoms with Crippen molar-refractivity contribution in [2.45, 2.75) is 26.4 Å².